The summed E-state index contributed by atoms with van der Waals surface area (Å²) in [5.74, 6) is 6.67. The summed E-state index contributed by atoms with van der Waals surface area (Å²) in [6.45, 7) is 4.17. The Morgan fingerprint density at radius 1 is 1.58 bits per heavy atom. The van der Waals surface area contributed by atoms with E-state index in [4.69, 9.17) is 5.84 Å². The highest BCUT2D eigenvalue weighted by Gasteiger charge is 2.18. The van der Waals surface area contributed by atoms with Crippen molar-refractivity contribution in [1.29, 1.82) is 0 Å². The summed E-state index contributed by atoms with van der Waals surface area (Å²) in [6.07, 6.45) is 1.53. The maximum absolute atomic E-state index is 5.40. The second-order valence-electron chi connectivity index (χ2n) is 3.13. The van der Waals surface area contributed by atoms with Gasteiger partial charge in [0.1, 0.15) is 12.2 Å². The largest absolute Gasteiger partial charge is 0.271 e. The Bertz CT molecular complexity index is 242. The van der Waals surface area contributed by atoms with E-state index in [0.29, 0.717) is 5.92 Å². The lowest BCUT2D eigenvalue weighted by molar-refractivity contribution is 0.389. The molecule has 0 aliphatic rings. The van der Waals surface area contributed by atoms with Gasteiger partial charge >= 0.3 is 0 Å². The lowest BCUT2D eigenvalue weighted by atomic mass is 10.0. The van der Waals surface area contributed by atoms with E-state index in [-0.39, 0.29) is 6.04 Å². The third-order valence-electron chi connectivity index (χ3n) is 1.87. The molecule has 1 heterocycles. The first-order valence-corrected chi connectivity index (χ1v) is 3.96. The second-order valence-corrected chi connectivity index (χ2v) is 3.13. The first-order valence-electron chi connectivity index (χ1n) is 3.96. The molecule has 1 unspecified atom stereocenters. The van der Waals surface area contributed by atoms with Crippen LogP contribution in [0.1, 0.15) is 25.7 Å². The molecule has 0 fully saturated rings. The molecule has 5 heteroatoms. The van der Waals surface area contributed by atoms with E-state index < -0.39 is 0 Å². The van der Waals surface area contributed by atoms with Gasteiger partial charge in [-0.25, -0.2) is 10.4 Å². The second kappa shape index (κ2) is 3.64. The maximum Gasteiger partial charge on any atom is 0.145 e. The van der Waals surface area contributed by atoms with Crippen LogP contribution in [0, 0.1) is 5.92 Å². The summed E-state index contributed by atoms with van der Waals surface area (Å²) in [4.78, 5) is 4.12. The molecule has 0 bridgehead atoms. The predicted molar refractivity (Wildman–Crippen MR) is 45.9 cm³/mol. The van der Waals surface area contributed by atoms with Crippen molar-refractivity contribution < 1.29 is 0 Å². The van der Waals surface area contributed by atoms with E-state index in [1.165, 1.54) is 6.33 Å². The molecular formula is C7H15N5. The normalized spacial score (nSPS) is 13.8. The van der Waals surface area contributed by atoms with Gasteiger partial charge in [-0.2, -0.15) is 5.10 Å². The molecule has 68 valence electrons. The first kappa shape index (κ1) is 9.15. The monoisotopic (exact) mass is 169 g/mol. The van der Waals surface area contributed by atoms with E-state index in [2.05, 4.69) is 29.4 Å². The number of nitrogens with two attached hydrogens (primary N) is 1. The van der Waals surface area contributed by atoms with Crippen molar-refractivity contribution in [3.63, 3.8) is 0 Å². The lowest BCUT2D eigenvalue weighted by Gasteiger charge is -2.18. The van der Waals surface area contributed by atoms with Crippen molar-refractivity contribution in [1.82, 2.24) is 20.2 Å². The van der Waals surface area contributed by atoms with Gasteiger partial charge in [0.25, 0.3) is 0 Å². The van der Waals surface area contributed by atoms with Crippen LogP contribution in [0.2, 0.25) is 0 Å². The van der Waals surface area contributed by atoms with Gasteiger partial charge in [-0.15, -0.1) is 0 Å². The highest BCUT2D eigenvalue weighted by atomic mass is 15.4. The summed E-state index contributed by atoms with van der Waals surface area (Å²) < 4.78 is 1.73. The number of hydrogen-bond donors (Lipinski definition) is 2. The van der Waals surface area contributed by atoms with E-state index in [9.17, 15) is 0 Å². The molecule has 0 aliphatic heterocycles. The average molecular weight is 169 g/mol. The Morgan fingerprint density at radius 3 is 2.58 bits per heavy atom. The zero-order valence-corrected chi connectivity index (χ0v) is 7.65. The molecule has 1 rings (SSSR count). The molecule has 1 atom stereocenters. The minimum absolute atomic E-state index is 0.0671. The molecule has 0 spiro atoms. The molecule has 1 aromatic rings. The summed E-state index contributed by atoms with van der Waals surface area (Å²) >= 11 is 0. The molecule has 5 nitrogen and oxygen atoms in total. The number of hydrogen-bond acceptors (Lipinski definition) is 4. The van der Waals surface area contributed by atoms with E-state index >= 15 is 0 Å². The summed E-state index contributed by atoms with van der Waals surface area (Å²) in [6, 6.07) is 0.0671. The van der Waals surface area contributed by atoms with Gasteiger partial charge in [-0.3, -0.25) is 10.5 Å². The van der Waals surface area contributed by atoms with Crippen molar-refractivity contribution >= 4 is 0 Å². The Hall–Kier alpha value is -0.940. The predicted octanol–water partition coefficient (Wildman–Crippen LogP) is -0.0245. The number of nitrogens with zero attached hydrogens (tertiary/aromatic N) is 3. The van der Waals surface area contributed by atoms with Crippen molar-refractivity contribution in [2.75, 3.05) is 0 Å². The van der Waals surface area contributed by atoms with E-state index in [0.717, 1.165) is 5.82 Å². The molecular weight excluding hydrogens is 154 g/mol. The van der Waals surface area contributed by atoms with Gasteiger partial charge in [0, 0.05) is 7.05 Å². The topological polar surface area (TPSA) is 68.8 Å². The Balaban J connectivity index is 2.87. The molecule has 0 amide bonds. The highest BCUT2D eigenvalue weighted by molar-refractivity contribution is 4.94. The van der Waals surface area contributed by atoms with Crippen LogP contribution in [0.15, 0.2) is 6.33 Å². The number of hydrazine groups is 1. The summed E-state index contributed by atoms with van der Waals surface area (Å²) in [7, 11) is 1.86. The number of rotatable bonds is 3. The van der Waals surface area contributed by atoms with Gasteiger partial charge in [0.05, 0.1) is 6.04 Å². The molecule has 0 aromatic carbocycles. The molecule has 0 saturated heterocycles. The lowest BCUT2D eigenvalue weighted by Crippen LogP contribution is -2.33. The smallest absolute Gasteiger partial charge is 0.145 e. The maximum atomic E-state index is 5.40. The van der Waals surface area contributed by atoms with Crippen molar-refractivity contribution in [3.8, 4) is 0 Å². The fourth-order valence-electron chi connectivity index (χ4n) is 1.15. The van der Waals surface area contributed by atoms with Gasteiger partial charge in [-0.1, -0.05) is 13.8 Å². The Kier molecular flexibility index (Phi) is 2.78. The minimum Gasteiger partial charge on any atom is -0.271 e. The number of aromatic nitrogens is 3. The molecule has 0 saturated carbocycles. The molecule has 3 N–H and O–H groups in total. The quantitative estimate of drug-likeness (QED) is 0.492. The highest BCUT2D eigenvalue weighted by Crippen LogP contribution is 2.16. The van der Waals surface area contributed by atoms with Crippen LogP contribution in [-0.2, 0) is 7.05 Å². The fourth-order valence-corrected chi connectivity index (χ4v) is 1.15. The van der Waals surface area contributed by atoms with Crippen LogP contribution in [0.5, 0.6) is 0 Å². The van der Waals surface area contributed by atoms with Gasteiger partial charge in [-0.05, 0) is 5.92 Å². The van der Waals surface area contributed by atoms with Crippen LogP contribution < -0.4 is 11.3 Å². The Labute approximate surface area is 71.9 Å². The zero-order valence-electron chi connectivity index (χ0n) is 7.65. The molecule has 0 radical (unpaired) electrons. The van der Waals surface area contributed by atoms with Crippen LogP contribution >= 0.6 is 0 Å². The number of nitrogens with one attached hydrogen (secondary N) is 1. The first-order chi connectivity index (χ1) is 5.66. The van der Waals surface area contributed by atoms with Crippen molar-refractivity contribution in [2.45, 2.75) is 19.9 Å². The van der Waals surface area contributed by atoms with Crippen LogP contribution in [-0.4, -0.2) is 14.8 Å². The molecule has 1 aromatic heterocycles. The zero-order chi connectivity index (χ0) is 9.14. The third kappa shape index (κ3) is 1.62. The standard InChI is InChI=1S/C7H15N5/c1-5(2)6(11-8)7-9-4-10-12(7)3/h4-6,11H,8H2,1-3H3. The van der Waals surface area contributed by atoms with E-state index in [1.807, 2.05) is 7.05 Å². The van der Waals surface area contributed by atoms with Crippen molar-refractivity contribution in [3.05, 3.63) is 12.2 Å². The fraction of sp³-hybridized carbons (Fsp3) is 0.714. The van der Waals surface area contributed by atoms with Gasteiger partial charge in [0.2, 0.25) is 0 Å². The Morgan fingerprint density at radius 2 is 2.25 bits per heavy atom. The number of aryl methyl sites for hydroxylation is 1. The SMILES string of the molecule is CC(C)C(NN)c1ncnn1C. The average Bonchev–Trinajstić information content (AvgIpc) is 2.38. The molecule has 0 aliphatic carbocycles. The van der Waals surface area contributed by atoms with Crippen LogP contribution in [0.25, 0.3) is 0 Å². The van der Waals surface area contributed by atoms with Gasteiger partial charge in [0.15, 0.2) is 0 Å². The van der Waals surface area contributed by atoms with Gasteiger partial charge < -0.3 is 0 Å². The van der Waals surface area contributed by atoms with Crippen LogP contribution in [0.4, 0.5) is 0 Å². The summed E-state index contributed by atoms with van der Waals surface area (Å²) in [5, 5.41) is 3.98. The summed E-state index contributed by atoms with van der Waals surface area (Å²) in [5.41, 5.74) is 2.72. The van der Waals surface area contributed by atoms with E-state index in [1.54, 1.807) is 4.68 Å². The molecule has 12 heavy (non-hydrogen) atoms. The third-order valence-corrected chi connectivity index (χ3v) is 1.87. The van der Waals surface area contributed by atoms with Crippen LogP contribution in [0.3, 0.4) is 0 Å². The minimum atomic E-state index is 0.0671. The van der Waals surface area contributed by atoms with Crippen molar-refractivity contribution in [2.24, 2.45) is 18.8 Å².